The van der Waals surface area contributed by atoms with Crippen LogP contribution < -0.4 is 10.6 Å². The maximum absolute atomic E-state index is 12.5. The minimum absolute atomic E-state index is 0.0118. The van der Waals surface area contributed by atoms with E-state index >= 15 is 0 Å². The average Bonchev–Trinajstić information content (AvgIpc) is 3.05. The summed E-state index contributed by atoms with van der Waals surface area (Å²) in [5.74, 6) is 1.24. The number of nitrogens with one attached hydrogen (secondary N) is 2. The van der Waals surface area contributed by atoms with Crippen LogP contribution in [0.15, 0.2) is 0 Å². The Morgan fingerprint density at radius 1 is 1.23 bits per heavy atom. The molecule has 5 nitrogen and oxygen atoms in total. The molecule has 0 aromatic carbocycles. The summed E-state index contributed by atoms with van der Waals surface area (Å²) in [6.07, 6.45) is 4.15. The van der Waals surface area contributed by atoms with Gasteiger partial charge in [-0.1, -0.05) is 20.8 Å². The summed E-state index contributed by atoms with van der Waals surface area (Å²) >= 11 is 0. The highest BCUT2D eigenvalue weighted by Gasteiger charge is 2.29. The van der Waals surface area contributed by atoms with E-state index in [2.05, 4.69) is 24.5 Å². The molecule has 0 spiro atoms. The van der Waals surface area contributed by atoms with E-state index in [1.807, 2.05) is 11.8 Å². The van der Waals surface area contributed by atoms with Crippen molar-refractivity contribution in [3.8, 4) is 0 Å². The normalized spacial score (nSPS) is 27.0. The summed E-state index contributed by atoms with van der Waals surface area (Å²) in [4.78, 5) is 26.5. The van der Waals surface area contributed by atoms with E-state index in [1.54, 1.807) is 0 Å². The second kappa shape index (κ2) is 7.95. The molecule has 0 saturated carbocycles. The van der Waals surface area contributed by atoms with Crippen molar-refractivity contribution in [3.63, 3.8) is 0 Å². The Labute approximate surface area is 134 Å². The second-order valence-electron chi connectivity index (χ2n) is 7.22. The van der Waals surface area contributed by atoms with Crippen LogP contribution in [0.5, 0.6) is 0 Å². The van der Waals surface area contributed by atoms with Crippen LogP contribution in [0.2, 0.25) is 0 Å². The molecular formula is C17H31N3O2. The number of rotatable bonds is 5. The molecule has 2 fully saturated rings. The first-order chi connectivity index (χ1) is 10.5. The molecule has 2 amide bonds. The largest absolute Gasteiger partial charge is 0.354 e. The van der Waals surface area contributed by atoms with Crippen molar-refractivity contribution in [3.05, 3.63) is 0 Å². The first kappa shape index (κ1) is 17.3. The topological polar surface area (TPSA) is 61.4 Å². The van der Waals surface area contributed by atoms with Gasteiger partial charge in [0.2, 0.25) is 11.8 Å². The van der Waals surface area contributed by atoms with Crippen LogP contribution in [0.1, 0.15) is 46.5 Å². The molecule has 2 aliphatic rings. The predicted molar refractivity (Wildman–Crippen MR) is 87.3 cm³/mol. The summed E-state index contributed by atoms with van der Waals surface area (Å²) in [7, 11) is 0. The Balaban J connectivity index is 1.78. The minimum Gasteiger partial charge on any atom is -0.354 e. The molecule has 0 aromatic heterocycles. The summed E-state index contributed by atoms with van der Waals surface area (Å²) in [5, 5.41) is 6.29. The van der Waals surface area contributed by atoms with Crippen LogP contribution >= 0.6 is 0 Å². The molecule has 0 radical (unpaired) electrons. The molecule has 0 bridgehead atoms. The summed E-state index contributed by atoms with van der Waals surface area (Å²) in [5.41, 5.74) is 0. The molecule has 0 aromatic rings. The second-order valence-corrected chi connectivity index (χ2v) is 7.22. The van der Waals surface area contributed by atoms with Crippen molar-refractivity contribution in [2.75, 3.05) is 26.2 Å². The van der Waals surface area contributed by atoms with E-state index in [9.17, 15) is 9.59 Å². The highest BCUT2D eigenvalue weighted by atomic mass is 16.2. The van der Waals surface area contributed by atoms with Gasteiger partial charge in [-0.3, -0.25) is 9.59 Å². The van der Waals surface area contributed by atoms with Crippen LogP contribution in [0.4, 0.5) is 0 Å². The molecule has 2 aliphatic heterocycles. The first-order valence-electron chi connectivity index (χ1n) is 8.79. The zero-order valence-electron chi connectivity index (χ0n) is 14.2. The first-order valence-corrected chi connectivity index (χ1v) is 8.79. The molecule has 2 N–H and O–H groups in total. The van der Waals surface area contributed by atoms with Gasteiger partial charge in [0.05, 0.1) is 6.04 Å². The number of amides is 2. The lowest BCUT2D eigenvalue weighted by atomic mass is 9.93. The average molecular weight is 309 g/mol. The lowest BCUT2D eigenvalue weighted by molar-refractivity contribution is -0.138. The lowest BCUT2D eigenvalue weighted by Gasteiger charge is -2.35. The highest BCUT2D eigenvalue weighted by molar-refractivity contribution is 5.82. The molecule has 2 heterocycles. The standard InChI is InChI=1S/C17H31N3O2/c1-12(2)13(3)17(22)20-9-5-6-14(11-20)10-19-16(21)15-7-4-8-18-15/h12-15,18H,4-11H2,1-3H3,(H,19,21). The third-order valence-electron chi connectivity index (χ3n) is 5.16. The molecule has 3 unspecified atom stereocenters. The Morgan fingerprint density at radius 3 is 2.64 bits per heavy atom. The van der Waals surface area contributed by atoms with Crippen molar-refractivity contribution in [1.29, 1.82) is 0 Å². The van der Waals surface area contributed by atoms with Gasteiger partial charge in [0, 0.05) is 25.6 Å². The van der Waals surface area contributed by atoms with Gasteiger partial charge in [0.25, 0.3) is 0 Å². The van der Waals surface area contributed by atoms with Gasteiger partial charge in [0.1, 0.15) is 0 Å². The van der Waals surface area contributed by atoms with E-state index in [1.165, 1.54) is 0 Å². The Hall–Kier alpha value is -1.10. The van der Waals surface area contributed by atoms with Gasteiger partial charge in [-0.05, 0) is 44.1 Å². The highest BCUT2D eigenvalue weighted by Crippen LogP contribution is 2.20. The summed E-state index contributed by atoms with van der Waals surface area (Å²) < 4.78 is 0. The number of carbonyl (C=O) groups excluding carboxylic acids is 2. The smallest absolute Gasteiger partial charge is 0.237 e. The van der Waals surface area contributed by atoms with E-state index in [0.717, 1.165) is 45.3 Å². The monoisotopic (exact) mass is 309 g/mol. The van der Waals surface area contributed by atoms with Crippen molar-refractivity contribution in [1.82, 2.24) is 15.5 Å². The predicted octanol–water partition coefficient (Wildman–Crippen LogP) is 1.39. The van der Waals surface area contributed by atoms with Crippen molar-refractivity contribution in [2.24, 2.45) is 17.8 Å². The zero-order chi connectivity index (χ0) is 16.1. The number of carbonyl (C=O) groups is 2. The quantitative estimate of drug-likeness (QED) is 0.807. The van der Waals surface area contributed by atoms with Crippen LogP contribution in [0.3, 0.4) is 0 Å². The fraction of sp³-hybridized carbons (Fsp3) is 0.882. The maximum atomic E-state index is 12.5. The van der Waals surface area contributed by atoms with Crippen molar-refractivity contribution in [2.45, 2.75) is 52.5 Å². The number of nitrogens with zero attached hydrogens (tertiary/aromatic N) is 1. The molecule has 3 atom stereocenters. The number of hydrogen-bond donors (Lipinski definition) is 2. The molecule has 2 saturated heterocycles. The van der Waals surface area contributed by atoms with E-state index in [-0.39, 0.29) is 23.8 Å². The van der Waals surface area contributed by atoms with Gasteiger partial charge >= 0.3 is 0 Å². The Kier molecular flexibility index (Phi) is 6.24. The van der Waals surface area contributed by atoms with Crippen molar-refractivity contribution < 1.29 is 9.59 Å². The van der Waals surface area contributed by atoms with Gasteiger partial charge in [0.15, 0.2) is 0 Å². The van der Waals surface area contributed by atoms with Crippen LogP contribution in [-0.2, 0) is 9.59 Å². The number of hydrogen-bond acceptors (Lipinski definition) is 3. The molecule has 5 heteroatoms. The van der Waals surface area contributed by atoms with Crippen LogP contribution in [0.25, 0.3) is 0 Å². The summed E-state index contributed by atoms with van der Waals surface area (Å²) in [6.45, 7) is 9.49. The van der Waals surface area contributed by atoms with Gasteiger partial charge in [-0.2, -0.15) is 0 Å². The van der Waals surface area contributed by atoms with Crippen LogP contribution in [-0.4, -0.2) is 48.9 Å². The minimum atomic E-state index is -0.0118. The SMILES string of the molecule is CC(C)C(C)C(=O)N1CCCC(CNC(=O)C2CCCN2)C1. The summed E-state index contributed by atoms with van der Waals surface area (Å²) in [6, 6.07) is -0.0118. The van der Waals surface area contributed by atoms with E-state index in [4.69, 9.17) is 0 Å². The van der Waals surface area contributed by atoms with Gasteiger partial charge in [-0.15, -0.1) is 0 Å². The molecule has 2 rings (SSSR count). The maximum Gasteiger partial charge on any atom is 0.237 e. The van der Waals surface area contributed by atoms with Crippen LogP contribution in [0, 0.1) is 17.8 Å². The third kappa shape index (κ3) is 4.45. The fourth-order valence-corrected chi connectivity index (χ4v) is 3.28. The van der Waals surface area contributed by atoms with Crippen molar-refractivity contribution >= 4 is 11.8 Å². The van der Waals surface area contributed by atoms with E-state index in [0.29, 0.717) is 18.4 Å². The Bertz CT molecular complexity index is 391. The third-order valence-corrected chi connectivity index (χ3v) is 5.16. The molecule has 0 aliphatic carbocycles. The van der Waals surface area contributed by atoms with Gasteiger partial charge in [-0.25, -0.2) is 0 Å². The number of likely N-dealkylation sites (tertiary alicyclic amines) is 1. The Morgan fingerprint density at radius 2 is 2.00 bits per heavy atom. The number of piperidine rings is 1. The zero-order valence-corrected chi connectivity index (χ0v) is 14.2. The fourth-order valence-electron chi connectivity index (χ4n) is 3.28. The lowest BCUT2D eigenvalue weighted by Crippen LogP contribution is -2.48. The van der Waals surface area contributed by atoms with E-state index < -0.39 is 0 Å². The molecular weight excluding hydrogens is 278 g/mol. The molecule has 126 valence electrons. The van der Waals surface area contributed by atoms with Gasteiger partial charge < -0.3 is 15.5 Å². The molecule has 22 heavy (non-hydrogen) atoms.